The lowest BCUT2D eigenvalue weighted by Gasteiger charge is -2.07. The Hall–Kier alpha value is -3.19. The van der Waals surface area contributed by atoms with Crippen molar-refractivity contribution < 1.29 is 9.53 Å². The van der Waals surface area contributed by atoms with Crippen molar-refractivity contribution in [3.8, 4) is 0 Å². The number of fused-ring (bicyclic) bond motifs is 2. The third kappa shape index (κ3) is 3.41. The number of esters is 1. The topological polar surface area (TPSA) is 81.2 Å². The van der Waals surface area contributed by atoms with E-state index >= 15 is 0 Å². The normalized spacial score (nSPS) is 11.1. The van der Waals surface area contributed by atoms with Crippen molar-refractivity contribution >= 4 is 38.3 Å². The number of benzene rings is 2. The van der Waals surface area contributed by atoms with Crippen molar-refractivity contribution in [1.82, 2.24) is 9.55 Å². The van der Waals surface area contributed by atoms with Gasteiger partial charge < -0.3 is 9.72 Å². The molecule has 7 heteroatoms. The molecule has 2 heterocycles. The second kappa shape index (κ2) is 7.20. The maximum absolute atomic E-state index is 12.4. The average molecular weight is 380 g/mol. The summed E-state index contributed by atoms with van der Waals surface area (Å²) in [5, 5.41) is 1.46. The molecule has 0 saturated carbocycles. The SMILES string of the molecule is O=C(OCCCn1c(=O)[nH]c2ccccc2c1=O)c1cc2ccccc2s1. The average Bonchev–Trinajstić information content (AvgIpc) is 3.11. The van der Waals surface area contributed by atoms with E-state index in [4.69, 9.17) is 4.74 Å². The third-order valence-electron chi connectivity index (χ3n) is 4.28. The van der Waals surface area contributed by atoms with Crippen LogP contribution in [0, 0.1) is 0 Å². The number of nitrogens with one attached hydrogen (secondary N) is 1. The summed E-state index contributed by atoms with van der Waals surface area (Å²) in [4.78, 5) is 40.0. The summed E-state index contributed by atoms with van der Waals surface area (Å²) in [7, 11) is 0. The van der Waals surface area contributed by atoms with Crippen LogP contribution < -0.4 is 11.2 Å². The van der Waals surface area contributed by atoms with Crippen LogP contribution in [0.15, 0.2) is 64.2 Å². The first-order valence-corrected chi connectivity index (χ1v) is 9.33. The highest BCUT2D eigenvalue weighted by Crippen LogP contribution is 2.25. The highest BCUT2D eigenvalue weighted by molar-refractivity contribution is 7.20. The van der Waals surface area contributed by atoms with Gasteiger partial charge in [0.15, 0.2) is 0 Å². The summed E-state index contributed by atoms with van der Waals surface area (Å²) in [5.41, 5.74) is -0.292. The first-order chi connectivity index (χ1) is 13.1. The lowest BCUT2D eigenvalue weighted by Crippen LogP contribution is -2.35. The molecule has 2 aromatic carbocycles. The minimum Gasteiger partial charge on any atom is -0.461 e. The molecule has 6 nitrogen and oxygen atoms in total. The first kappa shape index (κ1) is 17.2. The molecule has 0 fully saturated rings. The fraction of sp³-hybridized carbons (Fsp3) is 0.150. The van der Waals surface area contributed by atoms with Crippen molar-refractivity contribution in [3.63, 3.8) is 0 Å². The van der Waals surface area contributed by atoms with Gasteiger partial charge in [0.2, 0.25) is 0 Å². The van der Waals surface area contributed by atoms with Crippen LogP contribution in [0.1, 0.15) is 16.1 Å². The number of hydrogen-bond donors (Lipinski definition) is 1. The molecule has 4 rings (SSSR count). The monoisotopic (exact) mass is 380 g/mol. The van der Waals surface area contributed by atoms with E-state index in [1.807, 2.05) is 24.3 Å². The fourth-order valence-corrected chi connectivity index (χ4v) is 3.90. The Bertz CT molecular complexity index is 1220. The third-order valence-corrected chi connectivity index (χ3v) is 5.37. The zero-order chi connectivity index (χ0) is 18.8. The number of nitrogens with zero attached hydrogens (tertiary/aromatic N) is 1. The Kier molecular flexibility index (Phi) is 4.60. The van der Waals surface area contributed by atoms with E-state index in [2.05, 4.69) is 4.98 Å². The molecule has 27 heavy (non-hydrogen) atoms. The number of hydrogen-bond acceptors (Lipinski definition) is 5. The number of rotatable bonds is 5. The maximum atomic E-state index is 12.4. The molecule has 136 valence electrons. The Balaban J connectivity index is 1.41. The van der Waals surface area contributed by atoms with Crippen LogP contribution in [0.4, 0.5) is 0 Å². The molecule has 0 aliphatic heterocycles. The molecule has 0 saturated heterocycles. The van der Waals surface area contributed by atoms with Gasteiger partial charge in [-0.1, -0.05) is 30.3 Å². The van der Waals surface area contributed by atoms with E-state index < -0.39 is 11.7 Å². The minimum absolute atomic E-state index is 0.131. The molecular formula is C20H16N2O4S. The molecule has 1 N–H and O–H groups in total. The van der Waals surface area contributed by atoms with Crippen LogP contribution in [-0.4, -0.2) is 22.1 Å². The molecule has 0 aliphatic rings. The number of thiophene rings is 1. The van der Waals surface area contributed by atoms with Crippen LogP contribution in [0.2, 0.25) is 0 Å². The van der Waals surface area contributed by atoms with Gasteiger partial charge in [0.25, 0.3) is 5.56 Å². The smallest absolute Gasteiger partial charge is 0.348 e. The maximum Gasteiger partial charge on any atom is 0.348 e. The van der Waals surface area contributed by atoms with Gasteiger partial charge in [-0.2, -0.15) is 0 Å². The highest BCUT2D eigenvalue weighted by atomic mass is 32.1. The summed E-state index contributed by atoms with van der Waals surface area (Å²) in [6.45, 7) is 0.310. The van der Waals surface area contributed by atoms with Gasteiger partial charge in [-0.25, -0.2) is 9.59 Å². The lowest BCUT2D eigenvalue weighted by atomic mass is 10.2. The van der Waals surface area contributed by atoms with Crippen LogP contribution in [-0.2, 0) is 11.3 Å². The van der Waals surface area contributed by atoms with Crippen LogP contribution in [0.25, 0.3) is 21.0 Å². The molecule has 2 aromatic heterocycles. The van der Waals surface area contributed by atoms with E-state index in [1.54, 1.807) is 30.3 Å². The van der Waals surface area contributed by atoms with Gasteiger partial charge in [-0.05, 0) is 36.1 Å². The number of aromatic nitrogens is 2. The Labute approximate surface area is 157 Å². The predicted octanol–water partition coefficient (Wildman–Crippen LogP) is 3.15. The summed E-state index contributed by atoms with van der Waals surface area (Å²) in [6.07, 6.45) is 0.373. The number of ether oxygens (including phenoxy) is 1. The second-order valence-electron chi connectivity index (χ2n) is 6.07. The molecule has 0 bridgehead atoms. The van der Waals surface area contributed by atoms with Crippen LogP contribution >= 0.6 is 11.3 Å². The fourth-order valence-electron chi connectivity index (χ4n) is 2.94. The molecule has 0 amide bonds. The largest absolute Gasteiger partial charge is 0.461 e. The quantitative estimate of drug-likeness (QED) is 0.426. The van der Waals surface area contributed by atoms with Crippen molar-refractivity contribution in [2.75, 3.05) is 6.61 Å². The predicted molar refractivity (Wildman–Crippen MR) is 106 cm³/mol. The van der Waals surface area contributed by atoms with Gasteiger partial charge in [-0.15, -0.1) is 11.3 Å². The van der Waals surface area contributed by atoms with E-state index in [-0.39, 0.29) is 18.7 Å². The van der Waals surface area contributed by atoms with E-state index in [0.29, 0.717) is 22.2 Å². The summed E-state index contributed by atoms with van der Waals surface area (Å²) in [6, 6.07) is 16.4. The summed E-state index contributed by atoms with van der Waals surface area (Å²) in [5.74, 6) is -0.393. The van der Waals surface area contributed by atoms with Gasteiger partial charge in [0.05, 0.1) is 17.5 Å². The zero-order valence-electron chi connectivity index (χ0n) is 14.3. The van der Waals surface area contributed by atoms with E-state index in [1.165, 1.54) is 11.3 Å². The van der Waals surface area contributed by atoms with Gasteiger partial charge in [-0.3, -0.25) is 9.36 Å². The van der Waals surface area contributed by atoms with Crippen molar-refractivity contribution in [2.45, 2.75) is 13.0 Å². The molecule has 4 aromatic rings. The minimum atomic E-state index is -0.463. The number of aromatic amines is 1. The summed E-state index contributed by atoms with van der Waals surface area (Å²) < 4.78 is 7.45. The molecular weight excluding hydrogens is 364 g/mol. The number of para-hydroxylation sites is 1. The van der Waals surface area contributed by atoms with Gasteiger partial charge >= 0.3 is 11.7 Å². The van der Waals surface area contributed by atoms with Crippen molar-refractivity contribution in [2.24, 2.45) is 0 Å². The number of H-pyrrole nitrogens is 1. The van der Waals surface area contributed by atoms with E-state index in [9.17, 15) is 14.4 Å². The summed E-state index contributed by atoms with van der Waals surface area (Å²) >= 11 is 1.38. The first-order valence-electron chi connectivity index (χ1n) is 8.51. The van der Waals surface area contributed by atoms with Crippen molar-refractivity contribution in [1.29, 1.82) is 0 Å². The standard InChI is InChI=1S/C20H16N2O4S/c23-18-14-7-2-3-8-15(14)21-20(25)22(18)10-5-11-26-19(24)17-12-13-6-1-4-9-16(13)27-17/h1-4,6-9,12H,5,10-11H2,(H,21,25). The highest BCUT2D eigenvalue weighted by Gasteiger charge is 2.12. The molecule has 0 radical (unpaired) electrons. The van der Waals surface area contributed by atoms with Gasteiger partial charge in [0, 0.05) is 11.2 Å². The lowest BCUT2D eigenvalue weighted by molar-refractivity contribution is 0.0501. The second-order valence-corrected chi connectivity index (χ2v) is 7.15. The number of carbonyl (C=O) groups is 1. The van der Waals surface area contributed by atoms with E-state index in [0.717, 1.165) is 14.7 Å². The number of carbonyl (C=O) groups excluding carboxylic acids is 1. The van der Waals surface area contributed by atoms with Crippen LogP contribution in [0.3, 0.4) is 0 Å². The van der Waals surface area contributed by atoms with Gasteiger partial charge in [0.1, 0.15) is 4.88 Å². The molecule has 0 spiro atoms. The molecule has 0 atom stereocenters. The Morgan fingerprint density at radius 3 is 2.70 bits per heavy atom. The van der Waals surface area contributed by atoms with Crippen LogP contribution in [0.5, 0.6) is 0 Å². The van der Waals surface area contributed by atoms with Crippen molar-refractivity contribution in [3.05, 3.63) is 80.3 Å². The molecule has 0 unspecified atom stereocenters. The zero-order valence-corrected chi connectivity index (χ0v) is 15.1. The molecule has 0 aliphatic carbocycles. The Morgan fingerprint density at radius 1 is 1.07 bits per heavy atom. The Morgan fingerprint density at radius 2 is 1.85 bits per heavy atom.